The van der Waals surface area contributed by atoms with E-state index in [-0.39, 0.29) is 0 Å². The van der Waals surface area contributed by atoms with Crippen LogP contribution in [0.25, 0.3) is 0 Å². The van der Waals surface area contributed by atoms with Crippen LogP contribution in [0, 0.1) is 6.92 Å². The van der Waals surface area contributed by atoms with E-state index in [2.05, 4.69) is 4.99 Å². The molecule has 0 aliphatic rings. The van der Waals surface area contributed by atoms with Crippen LogP contribution < -0.4 is 5.73 Å². The topological polar surface area (TPSA) is 38.4 Å². The number of aryl methyl sites for hydroxylation is 1. The Morgan fingerprint density at radius 3 is 2.50 bits per heavy atom. The van der Waals surface area contributed by atoms with Gasteiger partial charge in [-0.3, -0.25) is 0 Å². The molecule has 0 fully saturated rings. The Labute approximate surface area is 77.1 Å². The third-order valence-corrected chi connectivity index (χ3v) is 1.83. The number of nitrogens with two attached hydrogens (primary N) is 1. The Balaban J connectivity index is 2.90. The molecule has 0 bridgehead atoms. The van der Waals surface area contributed by atoms with Crippen LogP contribution in [0.15, 0.2) is 29.3 Å². The van der Waals surface area contributed by atoms with Gasteiger partial charge in [-0.05, 0) is 6.92 Å². The first kappa shape index (κ1) is 8.87. The second-order valence-electron chi connectivity index (χ2n) is 2.45. The molecule has 1 aromatic carbocycles. The lowest BCUT2D eigenvalue weighted by Gasteiger charge is -1.97. The second kappa shape index (κ2) is 3.97. The highest BCUT2D eigenvalue weighted by Crippen LogP contribution is 2.05. The van der Waals surface area contributed by atoms with E-state index < -0.39 is 0 Å². The van der Waals surface area contributed by atoms with E-state index in [9.17, 15) is 0 Å². The van der Waals surface area contributed by atoms with Crippen molar-refractivity contribution in [2.45, 2.75) is 6.92 Å². The predicted octanol–water partition coefficient (Wildman–Crippen LogP) is 1.66. The normalized spacial score (nSPS) is 10.4. The van der Waals surface area contributed by atoms with Crippen LogP contribution in [-0.2, 0) is 0 Å². The maximum atomic E-state index is 5.12. The molecule has 2 nitrogen and oxygen atoms in total. The summed E-state index contributed by atoms with van der Waals surface area (Å²) < 4.78 is 0. The van der Waals surface area contributed by atoms with E-state index in [1.165, 1.54) is 11.9 Å². The van der Waals surface area contributed by atoms with Crippen LogP contribution in [0.5, 0.6) is 0 Å². The SMILES string of the molecule is Cc1ccc(C(=S)N=CN)cc1. The number of hydrogen-bond acceptors (Lipinski definition) is 1. The highest BCUT2D eigenvalue weighted by atomic mass is 32.1. The van der Waals surface area contributed by atoms with Crippen molar-refractivity contribution in [1.82, 2.24) is 0 Å². The summed E-state index contributed by atoms with van der Waals surface area (Å²) in [5, 5.41) is 0. The van der Waals surface area contributed by atoms with Gasteiger partial charge in [0.05, 0.1) is 6.34 Å². The summed E-state index contributed by atoms with van der Waals surface area (Å²) in [4.78, 5) is 4.33. The second-order valence-corrected chi connectivity index (χ2v) is 2.84. The molecular formula is C9H10N2S. The number of aliphatic imine (C=N–C) groups is 1. The van der Waals surface area contributed by atoms with Crippen molar-refractivity contribution in [3.8, 4) is 0 Å². The van der Waals surface area contributed by atoms with Crippen molar-refractivity contribution in [2.75, 3.05) is 0 Å². The van der Waals surface area contributed by atoms with Gasteiger partial charge in [-0.2, -0.15) is 0 Å². The Kier molecular flexibility index (Phi) is 2.94. The Hall–Kier alpha value is -1.22. The molecule has 0 unspecified atom stereocenters. The zero-order chi connectivity index (χ0) is 8.97. The van der Waals surface area contributed by atoms with Gasteiger partial charge in [0.1, 0.15) is 4.99 Å². The predicted molar refractivity (Wildman–Crippen MR) is 55.6 cm³/mol. The van der Waals surface area contributed by atoms with Crippen LogP contribution in [-0.4, -0.2) is 11.3 Å². The van der Waals surface area contributed by atoms with Gasteiger partial charge in [-0.15, -0.1) is 0 Å². The number of rotatable bonds is 1. The molecule has 0 aromatic heterocycles. The van der Waals surface area contributed by atoms with Crippen molar-refractivity contribution in [3.63, 3.8) is 0 Å². The fraction of sp³-hybridized carbons (Fsp3) is 0.111. The summed E-state index contributed by atoms with van der Waals surface area (Å²) in [5.74, 6) is 0. The van der Waals surface area contributed by atoms with Gasteiger partial charge in [0.2, 0.25) is 0 Å². The molecule has 0 saturated heterocycles. The van der Waals surface area contributed by atoms with Crippen molar-refractivity contribution in [1.29, 1.82) is 0 Å². The molecule has 0 amide bonds. The molecule has 1 aromatic rings. The molecule has 2 N–H and O–H groups in total. The summed E-state index contributed by atoms with van der Waals surface area (Å²) in [5.41, 5.74) is 7.25. The average molecular weight is 178 g/mol. The lowest BCUT2D eigenvalue weighted by Crippen LogP contribution is -1.97. The smallest absolute Gasteiger partial charge is 0.135 e. The molecule has 62 valence electrons. The van der Waals surface area contributed by atoms with E-state index in [0.29, 0.717) is 4.99 Å². The fourth-order valence-electron chi connectivity index (χ4n) is 0.838. The number of benzene rings is 1. The van der Waals surface area contributed by atoms with E-state index in [1.807, 2.05) is 31.2 Å². The monoisotopic (exact) mass is 178 g/mol. The lowest BCUT2D eigenvalue weighted by molar-refractivity contribution is 1.46. The van der Waals surface area contributed by atoms with Gasteiger partial charge in [0.15, 0.2) is 0 Å². The molecule has 0 aliphatic heterocycles. The maximum Gasteiger partial charge on any atom is 0.135 e. The molecule has 0 atom stereocenters. The third kappa shape index (κ3) is 2.13. The minimum Gasteiger partial charge on any atom is -0.390 e. The van der Waals surface area contributed by atoms with E-state index in [1.54, 1.807) is 0 Å². The van der Waals surface area contributed by atoms with Crippen molar-refractivity contribution in [2.24, 2.45) is 10.7 Å². The largest absolute Gasteiger partial charge is 0.390 e. The van der Waals surface area contributed by atoms with Gasteiger partial charge in [-0.1, -0.05) is 42.0 Å². The molecule has 0 radical (unpaired) electrons. The minimum absolute atomic E-state index is 0.525. The summed E-state index contributed by atoms with van der Waals surface area (Å²) in [6.07, 6.45) is 1.21. The summed E-state index contributed by atoms with van der Waals surface area (Å²) in [6, 6.07) is 7.86. The molecule has 0 heterocycles. The maximum absolute atomic E-state index is 5.12. The van der Waals surface area contributed by atoms with Gasteiger partial charge in [0, 0.05) is 5.56 Å². The number of thiocarbonyl (C=S) groups is 1. The van der Waals surface area contributed by atoms with E-state index in [4.69, 9.17) is 18.0 Å². The van der Waals surface area contributed by atoms with Crippen LogP contribution >= 0.6 is 12.2 Å². The van der Waals surface area contributed by atoms with Crippen molar-refractivity contribution < 1.29 is 0 Å². The van der Waals surface area contributed by atoms with Gasteiger partial charge >= 0.3 is 0 Å². The zero-order valence-electron chi connectivity index (χ0n) is 6.82. The molecule has 0 spiro atoms. The van der Waals surface area contributed by atoms with Gasteiger partial charge < -0.3 is 5.73 Å². The molecule has 3 heteroatoms. The standard InChI is InChI=1S/C9H10N2S/c1-7-2-4-8(5-3-7)9(12)11-6-10/h2-6H,1H3,(H2,10,11,12). The highest BCUT2D eigenvalue weighted by molar-refractivity contribution is 7.80. The van der Waals surface area contributed by atoms with Crippen LogP contribution in [0.4, 0.5) is 0 Å². The fourth-order valence-corrected chi connectivity index (χ4v) is 1.04. The van der Waals surface area contributed by atoms with Crippen molar-refractivity contribution in [3.05, 3.63) is 35.4 Å². The zero-order valence-corrected chi connectivity index (χ0v) is 7.64. The van der Waals surface area contributed by atoms with Crippen LogP contribution in [0.2, 0.25) is 0 Å². The molecule has 12 heavy (non-hydrogen) atoms. The Morgan fingerprint density at radius 1 is 1.42 bits per heavy atom. The summed E-state index contributed by atoms with van der Waals surface area (Å²) >= 11 is 4.99. The average Bonchev–Trinajstić information content (AvgIpc) is 2.06. The first-order valence-electron chi connectivity index (χ1n) is 3.59. The summed E-state index contributed by atoms with van der Waals surface area (Å²) in [6.45, 7) is 2.03. The van der Waals surface area contributed by atoms with Crippen molar-refractivity contribution >= 4 is 23.5 Å². The van der Waals surface area contributed by atoms with Crippen LogP contribution in [0.1, 0.15) is 11.1 Å². The Morgan fingerprint density at radius 2 is 2.00 bits per heavy atom. The van der Waals surface area contributed by atoms with E-state index in [0.717, 1.165) is 5.56 Å². The first-order valence-corrected chi connectivity index (χ1v) is 4.00. The van der Waals surface area contributed by atoms with Gasteiger partial charge in [0.25, 0.3) is 0 Å². The molecule has 1 rings (SSSR count). The van der Waals surface area contributed by atoms with Crippen LogP contribution in [0.3, 0.4) is 0 Å². The molecule has 0 aliphatic carbocycles. The minimum atomic E-state index is 0.525. The first-order chi connectivity index (χ1) is 5.74. The van der Waals surface area contributed by atoms with E-state index >= 15 is 0 Å². The third-order valence-electron chi connectivity index (χ3n) is 1.49. The summed E-state index contributed by atoms with van der Waals surface area (Å²) in [7, 11) is 0. The quantitative estimate of drug-likeness (QED) is 0.403. The molecular weight excluding hydrogens is 168 g/mol. The number of hydrogen-bond donors (Lipinski definition) is 1. The highest BCUT2D eigenvalue weighted by Gasteiger charge is 1.95. The number of nitrogens with zero attached hydrogens (tertiary/aromatic N) is 1. The molecule has 0 saturated carbocycles. The Bertz CT molecular complexity index is 301. The van der Waals surface area contributed by atoms with Gasteiger partial charge in [-0.25, -0.2) is 4.99 Å². The lowest BCUT2D eigenvalue weighted by atomic mass is 10.1.